The minimum absolute atomic E-state index is 0.125. The van der Waals surface area contributed by atoms with Crippen molar-refractivity contribution in [1.29, 1.82) is 0 Å². The fraction of sp³-hybridized carbons (Fsp3) is 0.455. The summed E-state index contributed by atoms with van der Waals surface area (Å²) in [5.74, 6) is 2.76. The standard InChI is InChI=1S/C11H13F3N2/c12-7-4-8(13)10(9(14)5-7)11(16-15)6-2-1-3-6/h4-6,11,16H,1-3,15H2. The van der Waals surface area contributed by atoms with Gasteiger partial charge in [-0.3, -0.25) is 11.3 Å². The lowest BCUT2D eigenvalue weighted by atomic mass is 9.77. The summed E-state index contributed by atoms with van der Waals surface area (Å²) in [6.45, 7) is 0. The maximum Gasteiger partial charge on any atom is 0.133 e. The molecule has 1 saturated carbocycles. The lowest BCUT2D eigenvalue weighted by molar-refractivity contribution is 0.223. The highest BCUT2D eigenvalue weighted by atomic mass is 19.1. The Morgan fingerprint density at radius 2 is 1.75 bits per heavy atom. The molecule has 1 aliphatic rings. The van der Waals surface area contributed by atoms with Crippen LogP contribution >= 0.6 is 0 Å². The molecule has 1 aromatic carbocycles. The smallest absolute Gasteiger partial charge is 0.133 e. The molecule has 0 spiro atoms. The number of hydrogen-bond acceptors (Lipinski definition) is 2. The lowest BCUT2D eigenvalue weighted by Gasteiger charge is -2.33. The van der Waals surface area contributed by atoms with Gasteiger partial charge in [0.1, 0.15) is 17.5 Å². The lowest BCUT2D eigenvalue weighted by Crippen LogP contribution is -2.37. The first-order valence-corrected chi connectivity index (χ1v) is 5.24. The van der Waals surface area contributed by atoms with Crippen LogP contribution in [0, 0.1) is 23.4 Å². The Morgan fingerprint density at radius 3 is 2.12 bits per heavy atom. The van der Waals surface area contributed by atoms with E-state index in [1.165, 1.54) is 0 Å². The van der Waals surface area contributed by atoms with Crippen molar-refractivity contribution in [1.82, 2.24) is 5.43 Å². The van der Waals surface area contributed by atoms with Gasteiger partial charge in [-0.15, -0.1) is 0 Å². The molecule has 0 amide bonds. The largest absolute Gasteiger partial charge is 0.271 e. The Balaban J connectivity index is 2.36. The van der Waals surface area contributed by atoms with E-state index < -0.39 is 23.5 Å². The molecule has 5 heteroatoms. The van der Waals surface area contributed by atoms with E-state index in [2.05, 4.69) is 5.43 Å². The Morgan fingerprint density at radius 1 is 1.19 bits per heavy atom. The first-order chi connectivity index (χ1) is 7.63. The Labute approximate surface area is 91.6 Å². The maximum atomic E-state index is 13.5. The van der Waals surface area contributed by atoms with Gasteiger partial charge < -0.3 is 0 Å². The molecule has 0 aliphatic heterocycles. The molecule has 0 saturated heterocycles. The van der Waals surface area contributed by atoms with Crippen molar-refractivity contribution in [2.75, 3.05) is 0 Å². The maximum absolute atomic E-state index is 13.5. The van der Waals surface area contributed by atoms with Crippen molar-refractivity contribution in [3.05, 3.63) is 35.1 Å². The molecule has 1 aromatic rings. The van der Waals surface area contributed by atoms with E-state index in [-0.39, 0.29) is 11.5 Å². The van der Waals surface area contributed by atoms with Gasteiger partial charge in [0.15, 0.2) is 0 Å². The highest BCUT2D eigenvalue weighted by molar-refractivity contribution is 5.25. The number of hydrazine groups is 1. The Bertz CT molecular complexity index is 368. The van der Waals surface area contributed by atoms with Crippen LogP contribution in [0.15, 0.2) is 12.1 Å². The highest BCUT2D eigenvalue weighted by Crippen LogP contribution is 2.39. The zero-order chi connectivity index (χ0) is 11.7. The van der Waals surface area contributed by atoms with Crippen LogP contribution in [0.4, 0.5) is 13.2 Å². The predicted molar refractivity (Wildman–Crippen MR) is 53.7 cm³/mol. The van der Waals surface area contributed by atoms with Gasteiger partial charge in [-0.2, -0.15) is 0 Å². The van der Waals surface area contributed by atoms with Gasteiger partial charge in [-0.1, -0.05) is 6.42 Å². The van der Waals surface area contributed by atoms with E-state index in [0.717, 1.165) is 19.3 Å². The van der Waals surface area contributed by atoms with Crippen LogP contribution in [0.1, 0.15) is 30.9 Å². The second kappa shape index (κ2) is 4.43. The normalized spacial score (nSPS) is 18.2. The molecule has 1 fully saturated rings. The third kappa shape index (κ3) is 1.92. The van der Waals surface area contributed by atoms with Crippen LogP contribution < -0.4 is 11.3 Å². The van der Waals surface area contributed by atoms with Crippen molar-refractivity contribution in [3.63, 3.8) is 0 Å². The zero-order valence-corrected chi connectivity index (χ0v) is 8.64. The van der Waals surface area contributed by atoms with E-state index in [1.54, 1.807) is 0 Å². The molecule has 1 atom stereocenters. The molecule has 1 aliphatic carbocycles. The van der Waals surface area contributed by atoms with Crippen molar-refractivity contribution >= 4 is 0 Å². The minimum Gasteiger partial charge on any atom is -0.271 e. The van der Waals surface area contributed by atoms with E-state index in [9.17, 15) is 13.2 Å². The highest BCUT2D eigenvalue weighted by Gasteiger charge is 2.31. The van der Waals surface area contributed by atoms with Gasteiger partial charge in [0.05, 0.1) is 6.04 Å². The average molecular weight is 230 g/mol. The third-order valence-electron chi connectivity index (χ3n) is 3.16. The summed E-state index contributed by atoms with van der Waals surface area (Å²) in [6.07, 6.45) is 2.80. The summed E-state index contributed by atoms with van der Waals surface area (Å²) in [6, 6.07) is 0.789. The number of rotatable bonds is 3. The van der Waals surface area contributed by atoms with Gasteiger partial charge in [0.2, 0.25) is 0 Å². The summed E-state index contributed by atoms with van der Waals surface area (Å²) < 4.78 is 39.7. The second-order valence-electron chi connectivity index (χ2n) is 4.12. The molecular formula is C11H13F3N2. The molecule has 3 N–H and O–H groups in total. The molecule has 88 valence electrons. The van der Waals surface area contributed by atoms with Crippen LogP contribution in [0.5, 0.6) is 0 Å². The van der Waals surface area contributed by atoms with Crippen molar-refractivity contribution in [2.45, 2.75) is 25.3 Å². The van der Waals surface area contributed by atoms with Gasteiger partial charge in [-0.05, 0) is 18.8 Å². The third-order valence-corrected chi connectivity index (χ3v) is 3.16. The van der Waals surface area contributed by atoms with Crippen molar-refractivity contribution in [2.24, 2.45) is 11.8 Å². The number of halogens is 3. The molecule has 2 nitrogen and oxygen atoms in total. The molecule has 0 bridgehead atoms. The summed E-state index contributed by atoms with van der Waals surface area (Å²) in [5.41, 5.74) is 2.26. The molecule has 1 unspecified atom stereocenters. The van der Waals surface area contributed by atoms with E-state index in [4.69, 9.17) is 5.84 Å². The second-order valence-corrected chi connectivity index (χ2v) is 4.12. The van der Waals surface area contributed by atoms with Crippen LogP contribution in [-0.4, -0.2) is 0 Å². The fourth-order valence-corrected chi connectivity index (χ4v) is 2.08. The predicted octanol–water partition coefficient (Wildman–Crippen LogP) is 2.41. The van der Waals surface area contributed by atoms with Gasteiger partial charge in [-0.25, -0.2) is 13.2 Å². The molecular weight excluding hydrogens is 217 g/mol. The quantitative estimate of drug-likeness (QED) is 0.618. The molecule has 0 heterocycles. The average Bonchev–Trinajstić information content (AvgIpc) is 2.11. The number of benzene rings is 1. The van der Waals surface area contributed by atoms with Gasteiger partial charge in [0, 0.05) is 17.7 Å². The summed E-state index contributed by atoms with van der Waals surface area (Å²) >= 11 is 0. The molecule has 0 aromatic heterocycles. The van der Waals surface area contributed by atoms with Crippen LogP contribution in [0.2, 0.25) is 0 Å². The molecule has 2 rings (SSSR count). The fourth-order valence-electron chi connectivity index (χ4n) is 2.08. The SMILES string of the molecule is NNC(c1c(F)cc(F)cc1F)C1CCC1. The van der Waals surface area contributed by atoms with E-state index >= 15 is 0 Å². The van der Waals surface area contributed by atoms with Crippen molar-refractivity contribution < 1.29 is 13.2 Å². The zero-order valence-electron chi connectivity index (χ0n) is 8.64. The Hall–Kier alpha value is -1.07. The monoisotopic (exact) mass is 230 g/mol. The van der Waals surface area contributed by atoms with Crippen molar-refractivity contribution in [3.8, 4) is 0 Å². The van der Waals surface area contributed by atoms with E-state index in [1.807, 2.05) is 0 Å². The minimum atomic E-state index is -0.914. The van der Waals surface area contributed by atoms with Crippen LogP contribution in [0.25, 0.3) is 0 Å². The Kier molecular flexibility index (Phi) is 3.16. The summed E-state index contributed by atoms with van der Waals surface area (Å²) in [4.78, 5) is 0. The summed E-state index contributed by atoms with van der Waals surface area (Å²) in [7, 11) is 0. The topological polar surface area (TPSA) is 38.0 Å². The van der Waals surface area contributed by atoms with Gasteiger partial charge in [0.25, 0.3) is 0 Å². The first kappa shape index (κ1) is 11.4. The molecule has 0 radical (unpaired) electrons. The van der Waals surface area contributed by atoms with Gasteiger partial charge >= 0.3 is 0 Å². The van der Waals surface area contributed by atoms with Crippen LogP contribution in [0.3, 0.4) is 0 Å². The number of hydrogen-bond donors (Lipinski definition) is 2. The van der Waals surface area contributed by atoms with Crippen LogP contribution in [-0.2, 0) is 0 Å². The molecule has 16 heavy (non-hydrogen) atoms. The van der Waals surface area contributed by atoms with E-state index in [0.29, 0.717) is 12.1 Å². The first-order valence-electron chi connectivity index (χ1n) is 5.24. The summed E-state index contributed by atoms with van der Waals surface area (Å²) in [5, 5.41) is 0. The number of nitrogens with one attached hydrogen (secondary N) is 1. The number of nitrogens with two attached hydrogens (primary N) is 1.